The maximum absolute atomic E-state index is 6.27. The summed E-state index contributed by atoms with van der Waals surface area (Å²) in [4.78, 5) is 2.25. The van der Waals surface area contributed by atoms with Gasteiger partial charge in [0.15, 0.2) is 0 Å². The molecule has 2 rings (SSSR count). The van der Waals surface area contributed by atoms with E-state index < -0.39 is 0 Å². The molecule has 21 heavy (non-hydrogen) atoms. The Morgan fingerprint density at radius 2 is 2.05 bits per heavy atom. The van der Waals surface area contributed by atoms with Crippen molar-refractivity contribution in [2.24, 2.45) is 5.73 Å². The van der Waals surface area contributed by atoms with Crippen LogP contribution in [-0.2, 0) is 5.41 Å². The average Bonchev–Trinajstić information content (AvgIpc) is 2.59. The second-order valence-corrected chi connectivity index (χ2v) is 6.80. The molecule has 1 unspecified atom stereocenters. The van der Waals surface area contributed by atoms with E-state index in [2.05, 4.69) is 45.0 Å². The molecule has 1 aliphatic heterocycles. The normalized spacial score (nSPS) is 21.8. The fourth-order valence-corrected chi connectivity index (χ4v) is 3.57. The molecular weight excluding hydrogens is 260 g/mol. The molecule has 0 spiro atoms. The summed E-state index contributed by atoms with van der Waals surface area (Å²) < 4.78 is 6.05. The second kappa shape index (κ2) is 6.80. The molecule has 3 nitrogen and oxygen atoms in total. The first kappa shape index (κ1) is 16.3. The molecule has 0 aliphatic carbocycles. The third-order valence-corrected chi connectivity index (χ3v) is 4.69. The van der Waals surface area contributed by atoms with Crippen LogP contribution >= 0.6 is 0 Å². The smallest absolute Gasteiger partial charge is 0.126 e. The van der Waals surface area contributed by atoms with E-state index in [1.165, 1.54) is 23.1 Å². The highest BCUT2D eigenvalue weighted by molar-refractivity contribution is 5.48. The largest absolute Gasteiger partial charge is 0.493 e. The molecule has 1 aliphatic rings. The molecule has 0 amide bonds. The Morgan fingerprint density at radius 1 is 1.29 bits per heavy atom. The van der Waals surface area contributed by atoms with E-state index in [0.29, 0.717) is 6.54 Å². The number of nitrogens with two attached hydrogens (primary N) is 1. The molecule has 0 saturated heterocycles. The molecule has 0 fully saturated rings. The maximum atomic E-state index is 6.27. The zero-order valence-corrected chi connectivity index (χ0v) is 14.0. The minimum Gasteiger partial charge on any atom is -0.493 e. The zero-order valence-electron chi connectivity index (χ0n) is 14.0. The van der Waals surface area contributed by atoms with Gasteiger partial charge < -0.3 is 15.4 Å². The molecule has 1 aromatic rings. The third-order valence-electron chi connectivity index (χ3n) is 4.69. The van der Waals surface area contributed by atoms with Crippen LogP contribution in [0.4, 0.5) is 0 Å². The summed E-state index contributed by atoms with van der Waals surface area (Å²) >= 11 is 0. The monoisotopic (exact) mass is 290 g/mol. The molecule has 1 aromatic carbocycles. The van der Waals surface area contributed by atoms with Crippen molar-refractivity contribution in [3.63, 3.8) is 0 Å². The third kappa shape index (κ3) is 3.58. The van der Waals surface area contributed by atoms with Gasteiger partial charge in [0.1, 0.15) is 5.75 Å². The summed E-state index contributed by atoms with van der Waals surface area (Å²) in [6.07, 6.45) is 4.54. The molecule has 0 aromatic heterocycles. The molecule has 1 atom stereocenters. The topological polar surface area (TPSA) is 38.5 Å². The van der Waals surface area contributed by atoms with E-state index in [-0.39, 0.29) is 5.41 Å². The van der Waals surface area contributed by atoms with Crippen molar-refractivity contribution in [3.8, 4) is 5.75 Å². The summed E-state index contributed by atoms with van der Waals surface area (Å²) in [6, 6.07) is 4.52. The van der Waals surface area contributed by atoms with E-state index >= 15 is 0 Å². The standard InChI is InChI=1S/C18H30N2O/c1-14-11-15(2)17-16(12-14)18(13-19,8-6-10-21-17)7-5-9-20(3)4/h11-12H,5-10,13,19H2,1-4H3. The van der Waals surface area contributed by atoms with E-state index in [0.717, 1.165) is 38.2 Å². The van der Waals surface area contributed by atoms with Crippen LogP contribution in [0.25, 0.3) is 0 Å². The van der Waals surface area contributed by atoms with E-state index in [9.17, 15) is 0 Å². The summed E-state index contributed by atoms with van der Waals surface area (Å²) in [7, 11) is 4.27. The highest BCUT2D eigenvalue weighted by Crippen LogP contribution is 2.43. The van der Waals surface area contributed by atoms with E-state index in [1.807, 2.05) is 0 Å². The van der Waals surface area contributed by atoms with Crippen LogP contribution in [0.5, 0.6) is 5.75 Å². The minimum atomic E-state index is 0.0820. The van der Waals surface area contributed by atoms with E-state index in [1.54, 1.807) is 0 Å². The molecule has 2 N–H and O–H groups in total. The molecule has 0 radical (unpaired) electrons. The predicted octanol–water partition coefficient (Wildman–Crippen LogP) is 3.01. The highest BCUT2D eigenvalue weighted by Gasteiger charge is 2.35. The van der Waals surface area contributed by atoms with Crippen LogP contribution in [0.15, 0.2) is 12.1 Å². The first-order valence-corrected chi connectivity index (χ1v) is 8.08. The number of benzene rings is 1. The van der Waals surface area contributed by atoms with Gasteiger partial charge in [-0.05, 0) is 65.7 Å². The highest BCUT2D eigenvalue weighted by atomic mass is 16.5. The number of fused-ring (bicyclic) bond motifs is 1. The van der Waals surface area contributed by atoms with Gasteiger partial charge in [0.2, 0.25) is 0 Å². The summed E-state index contributed by atoms with van der Waals surface area (Å²) in [5.74, 6) is 1.09. The van der Waals surface area contributed by atoms with Crippen LogP contribution in [0.1, 0.15) is 42.4 Å². The summed E-state index contributed by atoms with van der Waals surface area (Å²) in [5.41, 5.74) is 10.3. The Hall–Kier alpha value is -1.06. The van der Waals surface area contributed by atoms with Gasteiger partial charge in [0.05, 0.1) is 6.61 Å². The van der Waals surface area contributed by atoms with Crippen molar-refractivity contribution < 1.29 is 4.74 Å². The summed E-state index contributed by atoms with van der Waals surface area (Å²) in [5, 5.41) is 0. The lowest BCUT2D eigenvalue weighted by Gasteiger charge is -2.34. The minimum absolute atomic E-state index is 0.0820. The molecular formula is C18H30N2O. The lowest BCUT2D eigenvalue weighted by atomic mass is 9.72. The Balaban J connectivity index is 2.37. The van der Waals surface area contributed by atoms with Gasteiger partial charge in [-0.1, -0.05) is 17.7 Å². The number of rotatable bonds is 5. The van der Waals surface area contributed by atoms with Gasteiger partial charge in [-0.15, -0.1) is 0 Å². The second-order valence-electron chi connectivity index (χ2n) is 6.80. The fourth-order valence-electron chi connectivity index (χ4n) is 3.57. The number of nitrogens with zero attached hydrogens (tertiary/aromatic N) is 1. The molecule has 0 bridgehead atoms. The van der Waals surface area contributed by atoms with Crippen LogP contribution in [0, 0.1) is 13.8 Å². The fraction of sp³-hybridized carbons (Fsp3) is 0.667. The maximum Gasteiger partial charge on any atom is 0.126 e. The first-order chi connectivity index (χ1) is 9.98. The molecule has 3 heteroatoms. The van der Waals surface area contributed by atoms with E-state index in [4.69, 9.17) is 10.5 Å². The molecule has 0 saturated carbocycles. The van der Waals surface area contributed by atoms with Crippen LogP contribution in [0.3, 0.4) is 0 Å². The predicted molar refractivity (Wildman–Crippen MR) is 89.2 cm³/mol. The van der Waals surface area contributed by atoms with Crippen LogP contribution < -0.4 is 10.5 Å². The lowest BCUT2D eigenvalue weighted by Crippen LogP contribution is -2.36. The van der Waals surface area contributed by atoms with Crippen LogP contribution in [0.2, 0.25) is 0 Å². The van der Waals surface area contributed by atoms with Crippen molar-refractivity contribution >= 4 is 0 Å². The Morgan fingerprint density at radius 3 is 2.71 bits per heavy atom. The number of hydrogen-bond donors (Lipinski definition) is 1. The quantitative estimate of drug-likeness (QED) is 0.906. The van der Waals surface area contributed by atoms with Crippen molar-refractivity contribution in [2.75, 3.05) is 33.8 Å². The average molecular weight is 290 g/mol. The van der Waals surface area contributed by atoms with Gasteiger partial charge in [-0.3, -0.25) is 0 Å². The number of ether oxygens (including phenoxy) is 1. The van der Waals surface area contributed by atoms with Gasteiger partial charge in [0.25, 0.3) is 0 Å². The number of aryl methyl sites for hydroxylation is 2. The first-order valence-electron chi connectivity index (χ1n) is 8.08. The molecule has 1 heterocycles. The Bertz CT molecular complexity index is 484. The number of hydrogen-bond acceptors (Lipinski definition) is 3. The van der Waals surface area contributed by atoms with Gasteiger partial charge in [-0.2, -0.15) is 0 Å². The lowest BCUT2D eigenvalue weighted by molar-refractivity contribution is 0.300. The van der Waals surface area contributed by atoms with Gasteiger partial charge in [0, 0.05) is 17.5 Å². The molecule has 118 valence electrons. The van der Waals surface area contributed by atoms with Gasteiger partial charge >= 0.3 is 0 Å². The van der Waals surface area contributed by atoms with Crippen molar-refractivity contribution in [3.05, 3.63) is 28.8 Å². The summed E-state index contributed by atoms with van der Waals surface area (Å²) in [6.45, 7) is 6.95. The van der Waals surface area contributed by atoms with Crippen LogP contribution in [-0.4, -0.2) is 38.7 Å². The van der Waals surface area contributed by atoms with Crippen molar-refractivity contribution in [2.45, 2.75) is 44.9 Å². The Kier molecular flexibility index (Phi) is 5.28. The van der Waals surface area contributed by atoms with Crippen molar-refractivity contribution in [1.82, 2.24) is 4.90 Å². The van der Waals surface area contributed by atoms with Gasteiger partial charge in [-0.25, -0.2) is 0 Å². The Labute approximate surface area is 129 Å². The zero-order chi connectivity index (χ0) is 15.5. The SMILES string of the molecule is Cc1cc(C)c2c(c1)C(CN)(CCCN(C)C)CCCO2. The van der Waals surface area contributed by atoms with Crippen molar-refractivity contribution in [1.29, 1.82) is 0 Å².